The van der Waals surface area contributed by atoms with E-state index in [1.54, 1.807) is 29.2 Å². The van der Waals surface area contributed by atoms with Crippen LogP contribution in [0.5, 0.6) is 0 Å². The van der Waals surface area contributed by atoms with E-state index >= 15 is 0 Å². The molecule has 3 heterocycles. The molecule has 0 radical (unpaired) electrons. The van der Waals surface area contributed by atoms with E-state index < -0.39 is 5.91 Å². The van der Waals surface area contributed by atoms with Crippen LogP contribution >= 0.6 is 34.3 Å². The molecule has 31 heavy (non-hydrogen) atoms. The summed E-state index contributed by atoms with van der Waals surface area (Å²) in [4.78, 5) is 29.1. The van der Waals surface area contributed by atoms with Crippen molar-refractivity contribution in [3.05, 3.63) is 70.7 Å². The number of carbonyl (C=O) groups is 1. The number of carbonyl (C=O) groups excluding carboxylic acids is 1. The van der Waals surface area contributed by atoms with Crippen molar-refractivity contribution >= 4 is 51.8 Å². The lowest BCUT2D eigenvalue weighted by molar-refractivity contribution is -0.128. The van der Waals surface area contributed by atoms with Gasteiger partial charge in [-0.2, -0.15) is 5.26 Å². The van der Waals surface area contributed by atoms with E-state index in [-0.39, 0.29) is 11.1 Å². The molecule has 1 aliphatic heterocycles. The van der Waals surface area contributed by atoms with Gasteiger partial charge in [-0.15, -0.1) is 22.7 Å². The molecule has 1 saturated heterocycles. The highest BCUT2D eigenvalue weighted by Crippen LogP contribution is 2.16. The monoisotopic (exact) mass is 471 g/mol. The SMILES string of the molecule is Cc1ccsc1/C=c1/s/c(=C(/C#N)C(=O)N2CCOCC2)n(-c2ccc(Cl)cc2)c1=O. The largest absolute Gasteiger partial charge is 0.378 e. The molecule has 0 atom stereocenters. The minimum absolute atomic E-state index is 0.0542. The Morgan fingerprint density at radius 1 is 1.23 bits per heavy atom. The van der Waals surface area contributed by atoms with Crippen molar-refractivity contribution in [1.29, 1.82) is 5.26 Å². The van der Waals surface area contributed by atoms with Crippen LogP contribution in [0.1, 0.15) is 10.4 Å². The van der Waals surface area contributed by atoms with E-state index in [4.69, 9.17) is 16.3 Å². The molecule has 1 fully saturated rings. The Bertz CT molecular complexity index is 1340. The average Bonchev–Trinajstić information content (AvgIpc) is 3.33. The van der Waals surface area contributed by atoms with Gasteiger partial charge in [-0.1, -0.05) is 11.6 Å². The predicted molar refractivity (Wildman–Crippen MR) is 123 cm³/mol. The number of aromatic nitrogens is 1. The van der Waals surface area contributed by atoms with E-state index in [0.29, 0.717) is 46.2 Å². The minimum Gasteiger partial charge on any atom is -0.378 e. The summed E-state index contributed by atoms with van der Waals surface area (Å²) < 4.78 is 7.50. The summed E-state index contributed by atoms with van der Waals surface area (Å²) in [6.07, 6.45) is 1.82. The lowest BCUT2D eigenvalue weighted by Gasteiger charge is -2.26. The highest BCUT2D eigenvalue weighted by atomic mass is 35.5. The van der Waals surface area contributed by atoms with Gasteiger partial charge in [0.1, 0.15) is 10.7 Å². The van der Waals surface area contributed by atoms with Gasteiger partial charge in [-0.05, 0) is 54.3 Å². The summed E-state index contributed by atoms with van der Waals surface area (Å²) in [7, 11) is 0. The van der Waals surface area contributed by atoms with Crippen LogP contribution in [0.2, 0.25) is 5.02 Å². The molecule has 1 amide bonds. The fourth-order valence-electron chi connectivity index (χ4n) is 3.24. The second-order valence-corrected chi connectivity index (χ2v) is 9.31. The van der Waals surface area contributed by atoms with Crippen molar-refractivity contribution < 1.29 is 9.53 Å². The molecule has 1 aliphatic rings. The van der Waals surface area contributed by atoms with E-state index in [2.05, 4.69) is 0 Å². The molecule has 0 saturated carbocycles. The van der Waals surface area contributed by atoms with Gasteiger partial charge >= 0.3 is 0 Å². The third-order valence-electron chi connectivity index (χ3n) is 4.91. The van der Waals surface area contributed by atoms with Crippen molar-refractivity contribution in [3.63, 3.8) is 0 Å². The van der Waals surface area contributed by atoms with Crippen molar-refractivity contribution in [2.24, 2.45) is 0 Å². The first-order valence-corrected chi connectivity index (χ1v) is 11.6. The van der Waals surface area contributed by atoms with Crippen LogP contribution in [-0.2, 0) is 9.53 Å². The first kappa shape index (κ1) is 21.5. The van der Waals surface area contributed by atoms with Gasteiger partial charge in [0, 0.05) is 23.0 Å². The molecule has 0 bridgehead atoms. The summed E-state index contributed by atoms with van der Waals surface area (Å²) in [5, 5.41) is 12.4. The van der Waals surface area contributed by atoms with E-state index in [1.165, 1.54) is 15.9 Å². The number of hydrogen-bond acceptors (Lipinski definition) is 6. The summed E-state index contributed by atoms with van der Waals surface area (Å²) >= 11 is 8.70. The van der Waals surface area contributed by atoms with Crippen molar-refractivity contribution in [2.45, 2.75) is 6.92 Å². The van der Waals surface area contributed by atoms with Crippen LogP contribution in [0.4, 0.5) is 0 Å². The number of nitriles is 1. The van der Waals surface area contributed by atoms with Crippen LogP contribution in [-0.4, -0.2) is 41.7 Å². The molecular weight excluding hydrogens is 454 g/mol. The zero-order valence-electron chi connectivity index (χ0n) is 16.6. The number of nitrogens with zero attached hydrogens (tertiary/aromatic N) is 3. The summed E-state index contributed by atoms with van der Waals surface area (Å²) in [5.74, 6) is -0.395. The first-order valence-electron chi connectivity index (χ1n) is 9.54. The summed E-state index contributed by atoms with van der Waals surface area (Å²) in [6, 6.07) is 10.8. The highest BCUT2D eigenvalue weighted by Gasteiger charge is 2.24. The van der Waals surface area contributed by atoms with Crippen LogP contribution in [0.3, 0.4) is 0 Å². The lowest BCUT2D eigenvalue weighted by Crippen LogP contribution is -2.42. The van der Waals surface area contributed by atoms with E-state index in [1.807, 2.05) is 30.5 Å². The first-order chi connectivity index (χ1) is 15.0. The molecular formula is C22H18ClN3O3S2. The Kier molecular flexibility index (Phi) is 6.39. The third-order valence-corrected chi connectivity index (χ3v) is 7.22. The lowest BCUT2D eigenvalue weighted by atomic mass is 10.2. The Hall–Kier alpha value is -2.70. The number of thiazole rings is 1. The molecule has 3 aromatic rings. The summed E-state index contributed by atoms with van der Waals surface area (Å²) in [6.45, 7) is 3.65. The number of rotatable bonds is 3. The highest BCUT2D eigenvalue weighted by molar-refractivity contribution is 7.11. The van der Waals surface area contributed by atoms with Gasteiger partial charge in [-0.25, -0.2) is 0 Å². The molecule has 2 aromatic heterocycles. The van der Waals surface area contributed by atoms with Gasteiger partial charge in [0.25, 0.3) is 11.5 Å². The average molecular weight is 472 g/mol. The topological polar surface area (TPSA) is 75.3 Å². The minimum atomic E-state index is -0.395. The van der Waals surface area contributed by atoms with E-state index in [0.717, 1.165) is 21.8 Å². The molecule has 4 rings (SSSR count). The van der Waals surface area contributed by atoms with Gasteiger partial charge in [-0.3, -0.25) is 14.2 Å². The number of aryl methyl sites for hydroxylation is 1. The molecule has 0 aliphatic carbocycles. The smallest absolute Gasteiger partial charge is 0.273 e. The fourth-order valence-corrected chi connectivity index (χ4v) is 5.38. The van der Waals surface area contributed by atoms with E-state index in [9.17, 15) is 14.9 Å². The fraction of sp³-hybridized carbons (Fsp3) is 0.227. The number of halogens is 1. The molecule has 6 nitrogen and oxygen atoms in total. The number of amides is 1. The van der Waals surface area contributed by atoms with Crippen LogP contribution in [0.25, 0.3) is 17.3 Å². The quantitative estimate of drug-likeness (QED) is 0.587. The van der Waals surface area contributed by atoms with Crippen molar-refractivity contribution in [3.8, 4) is 11.8 Å². The Balaban J connectivity index is 2.00. The van der Waals surface area contributed by atoms with Gasteiger partial charge < -0.3 is 9.64 Å². The van der Waals surface area contributed by atoms with Gasteiger partial charge in [0.05, 0.1) is 23.4 Å². The normalized spacial score (nSPS) is 15.6. The number of benzene rings is 1. The van der Waals surface area contributed by atoms with Crippen molar-refractivity contribution in [2.75, 3.05) is 26.3 Å². The number of hydrogen-bond donors (Lipinski definition) is 0. The standard InChI is InChI=1S/C22H18ClN3O3S2/c1-14-6-11-30-18(14)12-19-21(28)26(16-4-2-15(23)3-5-16)22(31-19)17(13-24)20(27)25-7-9-29-10-8-25/h2-6,11-12H,7-10H2,1H3/b19-12+,22-17-. The maximum Gasteiger partial charge on any atom is 0.273 e. The maximum absolute atomic E-state index is 13.4. The molecule has 0 spiro atoms. The number of ether oxygens (including phenoxy) is 1. The predicted octanol–water partition coefficient (Wildman–Crippen LogP) is 2.28. The van der Waals surface area contributed by atoms with Crippen LogP contribution < -0.4 is 14.8 Å². The zero-order valence-corrected chi connectivity index (χ0v) is 19.0. The Morgan fingerprint density at radius 2 is 1.94 bits per heavy atom. The molecule has 9 heteroatoms. The second-order valence-electron chi connectivity index (χ2n) is 6.89. The number of morpholine rings is 1. The summed E-state index contributed by atoms with van der Waals surface area (Å²) in [5.41, 5.74) is 1.27. The third kappa shape index (κ3) is 4.36. The number of thiophene rings is 1. The molecule has 1 aromatic carbocycles. The maximum atomic E-state index is 13.4. The second kappa shape index (κ2) is 9.20. The van der Waals surface area contributed by atoms with Crippen LogP contribution in [0, 0.1) is 18.3 Å². The molecule has 0 unspecified atom stereocenters. The van der Waals surface area contributed by atoms with Gasteiger partial charge in [0.2, 0.25) is 0 Å². The van der Waals surface area contributed by atoms with Gasteiger partial charge in [0.15, 0.2) is 5.57 Å². The Morgan fingerprint density at radius 3 is 2.55 bits per heavy atom. The van der Waals surface area contributed by atoms with Crippen molar-refractivity contribution in [1.82, 2.24) is 9.47 Å². The Labute approximate surface area is 191 Å². The molecule has 0 N–H and O–H groups in total. The molecule has 158 valence electrons. The zero-order chi connectivity index (χ0) is 22.0. The van der Waals surface area contributed by atoms with Crippen LogP contribution in [0.15, 0.2) is 40.5 Å².